The van der Waals surface area contributed by atoms with Crippen LogP contribution < -0.4 is 0 Å². The monoisotopic (exact) mass is 372 g/mol. The highest BCUT2D eigenvalue weighted by Gasteiger charge is 2.45. The van der Waals surface area contributed by atoms with Gasteiger partial charge in [-0.1, -0.05) is 13.8 Å². The Hall–Kier alpha value is 0.340. The number of alkyl halides is 1. The standard InChI is InChI=1S/C14H26FO6PS/c1-8(2)13-12(20-9(3)14(13)15)7-19-22(17,23)21-10-4-5-18-11(10)6-16/h8-14,16H,4-7H2,1-3H3,(H,17,23)/t9-,10?,11+,12+,13-,14+,22?/m0/s1. The first kappa shape index (κ1) is 19.7. The Morgan fingerprint density at radius 3 is 2.70 bits per heavy atom. The molecular weight excluding hydrogens is 346 g/mol. The largest absolute Gasteiger partial charge is 0.394 e. The predicted molar refractivity (Wildman–Crippen MR) is 86.3 cm³/mol. The molecule has 2 rings (SSSR count). The van der Waals surface area contributed by atoms with Crippen LogP contribution in [0.25, 0.3) is 0 Å². The van der Waals surface area contributed by atoms with Crippen LogP contribution in [0.5, 0.6) is 0 Å². The first-order chi connectivity index (χ1) is 10.7. The van der Waals surface area contributed by atoms with Gasteiger partial charge < -0.3 is 28.5 Å². The normalized spacial score (nSPS) is 40.7. The molecular formula is C14H26FO6PS. The Kier molecular flexibility index (Phi) is 6.96. The maximum absolute atomic E-state index is 14.2. The summed E-state index contributed by atoms with van der Waals surface area (Å²) in [5, 5.41) is 9.18. The number of halogens is 1. The number of hydrogen-bond donors (Lipinski definition) is 2. The molecule has 2 aliphatic heterocycles. The van der Waals surface area contributed by atoms with Crippen LogP contribution in [0, 0.1) is 11.8 Å². The molecule has 0 aromatic heterocycles. The number of rotatable bonds is 7. The fraction of sp³-hybridized carbons (Fsp3) is 1.00. The second kappa shape index (κ2) is 8.15. The number of aliphatic hydroxyl groups is 1. The van der Waals surface area contributed by atoms with Crippen LogP contribution in [0.2, 0.25) is 0 Å². The Balaban J connectivity index is 1.89. The molecule has 0 saturated carbocycles. The molecule has 2 fully saturated rings. The van der Waals surface area contributed by atoms with Crippen LogP contribution in [0.4, 0.5) is 4.39 Å². The lowest BCUT2D eigenvalue weighted by atomic mass is 9.87. The third-order valence-electron chi connectivity index (χ3n) is 4.40. The molecule has 23 heavy (non-hydrogen) atoms. The third-order valence-corrected chi connectivity index (χ3v) is 5.99. The quantitative estimate of drug-likeness (QED) is 0.660. The van der Waals surface area contributed by atoms with E-state index in [-0.39, 0.29) is 25.0 Å². The molecule has 6 nitrogen and oxygen atoms in total. The SMILES string of the molecule is CC(C)[C@@H]1[C@H](F)[C@H](C)O[C@@H]1COP(O)(=S)OC1CCO[C@@H]1CO. The Labute approximate surface area is 141 Å². The average Bonchev–Trinajstić information content (AvgIpc) is 3.01. The zero-order chi connectivity index (χ0) is 17.2. The van der Waals surface area contributed by atoms with E-state index in [0.717, 1.165) is 0 Å². The molecule has 0 aromatic carbocycles. The lowest BCUT2D eigenvalue weighted by molar-refractivity contribution is -0.0127. The molecule has 2 heterocycles. The smallest absolute Gasteiger partial charge is 0.324 e. The minimum absolute atomic E-state index is 0.0151. The van der Waals surface area contributed by atoms with Gasteiger partial charge in [0.05, 0.1) is 31.5 Å². The molecule has 0 radical (unpaired) electrons. The summed E-state index contributed by atoms with van der Waals surface area (Å²) in [5.74, 6) is -0.219. The maximum atomic E-state index is 14.2. The topological polar surface area (TPSA) is 77.4 Å². The van der Waals surface area contributed by atoms with Crippen LogP contribution >= 0.6 is 6.72 Å². The van der Waals surface area contributed by atoms with E-state index in [1.807, 2.05) is 13.8 Å². The van der Waals surface area contributed by atoms with Gasteiger partial charge in [-0.05, 0) is 24.6 Å². The molecule has 136 valence electrons. The summed E-state index contributed by atoms with van der Waals surface area (Å²) in [6, 6.07) is 0. The van der Waals surface area contributed by atoms with Crippen molar-refractivity contribution in [1.29, 1.82) is 0 Å². The average molecular weight is 372 g/mol. The van der Waals surface area contributed by atoms with Gasteiger partial charge in [-0.3, -0.25) is 0 Å². The fourth-order valence-electron chi connectivity index (χ4n) is 3.20. The van der Waals surface area contributed by atoms with Crippen LogP contribution in [0.15, 0.2) is 0 Å². The van der Waals surface area contributed by atoms with Gasteiger partial charge in [0.15, 0.2) is 0 Å². The lowest BCUT2D eigenvalue weighted by Crippen LogP contribution is -2.31. The summed E-state index contributed by atoms with van der Waals surface area (Å²) < 4.78 is 35.9. The predicted octanol–water partition coefficient (Wildman–Crippen LogP) is 1.78. The molecule has 0 aliphatic carbocycles. The van der Waals surface area contributed by atoms with Gasteiger partial charge in [0.25, 0.3) is 0 Å². The highest BCUT2D eigenvalue weighted by molar-refractivity contribution is 8.07. The zero-order valence-electron chi connectivity index (χ0n) is 13.6. The van der Waals surface area contributed by atoms with Gasteiger partial charge in [-0.25, -0.2) is 4.39 Å². The van der Waals surface area contributed by atoms with Crippen LogP contribution in [0.1, 0.15) is 27.2 Å². The van der Waals surface area contributed by atoms with Gasteiger partial charge >= 0.3 is 6.72 Å². The number of hydrogen-bond acceptors (Lipinski definition) is 6. The second-order valence-corrected chi connectivity index (χ2v) is 9.22. The third kappa shape index (κ3) is 4.92. The van der Waals surface area contributed by atoms with Crippen molar-refractivity contribution in [2.45, 2.75) is 57.8 Å². The molecule has 9 heteroatoms. The van der Waals surface area contributed by atoms with Gasteiger partial charge in [-0.15, -0.1) is 0 Å². The zero-order valence-corrected chi connectivity index (χ0v) is 15.3. The van der Waals surface area contributed by atoms with Crippen LogP contribution in [-0.2, 0) is 30.3 Å². The molecule has 0 aromatic rings. The Morgan fingerprint density at radius 2 is 2.09 bits per heavy atom. The van der Waals surface area contributed by atoms with Gasteiger partial charge in [0.2, 0.25) is 0 Å². The second-order valence-electron chi connectivity index (χ2n) is 6.43. The minimum Gasteiger partial charge on any atom is -0.394 e. The van der Waals surface area contributed by atoms with E-state index in [9.17, 15) is 14.4 Å². The van der Waals surface area contributed by atoms with E-state index in [4.69, 9.17) is 30.3 Å². The highest BCUT2D eigenvalue weighted by Crippen LogP contribution is 2.48. The molecule has 0 bridgehead atoms. The van der Waals surface area contributed by atoms with Gasteiger partial charge in [0, 0.05) is 18.9 Å². The summed E-state index contributed by atoms with van der Waals surface area (Å²) in [5.41, 5.74) is 0. The first-order valence-electron chi connectivity index (χ1n) is 7.93. The summed E-state index contributed by atoms with van der Waals surface area (Å²) in [4.78, 5) is 10.2. The van der Waals surface area contributed by atoms with E-state index < -0.39 is 37.3 Å². The summed E-state index contributed by atoms with van der Waals surface area (Å²) in [6.45, 7) is 2.26. The highest BCUT2D eigenvalue weighted by atomic mass is 32.5. The molecule has 2 saturated heterocycles. The maximum Gasteiger partial charge on any atom is 0.324 e. The van der Waals surface area contributed by atoms with Crippen LogP contribution in [-0.4, -0.2) is 60.4 Å². The lowest BCUT2D eigenvalue weighted by Gasteiger charge is -2.26. The van der Waals surface area contributed by atoms with E-state index >= 15 is 0 Å². The Morgan fingerprint density at radius 1 is 1.39 bits per heavy atom. The van der Waals surface area contributed by atoms with Crippen molar-refractivity contribution in [3.05, 3.63) is 0 Å². The van der Waals surface area contributed by atoms with E-state index in [1.165, 1.54) is 0 Å². The summed E-state index contributed by atoms with van der Waals surface area (Å²) in [7, 11) is 0. The van der Waals surface area contributed by atoms with Crippen molar-refractivity contribution < 1.29 is 32.9 Å². The van der Waals surface area contributed by atoms with E-state index in [2.05, 4.69) is 0 Å². The summed E-state index contributed by atoms with van der Waals surface area (Å²) in [6.07, 6.45) is -2.50. The Bertz CT molecular complexity index is 439. The van der Waals surface area contributed by atoms with E-state index in [1.54, 1.807) is 6.92 Å². The van der Waals surface area contributed by atoms with Gasteiger partial charge in [-0.2, -0.15) is 0 Å². The van der Waals surface area contributed by atoms with Crippen molar-refractivity contribution in [3.63, 3.8) is 0 Å². The molecule has 0 spiro atoms. The van der Waals surface area contributed by atoms with Gasteiger partial charge in [0.1, 0.15) is 12.3 Å². The number of aliphatic hydroxyl groups excluding tert-OH is 1. The first-order valence-corrected chi connectivity index (χ1v) is 10.5. The molecule has 2 N–H and O–H groups in total. The van der Waals surface area contributed by atoms with Crippen molar-refractivity contribution >= 4 is 18.5 Å². The molecule has 2 unspecified atom stereocenters. The van der Waals surface area contributed by atoms with Crippen molar-refractivity contribution in [1.82, 2.24) is 0 Å². The molecule has 0 amide bonds. The minimum atomic E-state index is -3.50. The summed E-state index contributed by atoms with van der Waals surface area (Å²) >= 11 is 5.01. The molecule has 2 aliphatic rings. The van der Waals surface area contributed by atoms with Crippen molar-refractivity contribution in [2.75, 3.05) is 19.8 Å². The van der Waals surface area contributed by atoms with Crippen LogP contribution in [0.3, 0.4) is 0 Å². The van der Waals surface area contributed by atoms with E-state index in [0.29, 0.717) is 13.0 Å². The van der Waals surface area contributed by atoms with Crippen molar-refractivity contribution in [2.24, 2.45) is 11.8 Å². The molecule has 7 atom stereocenters. The number of ether oxygens (including phenoxy) is 2. The fourth-order valence-corrected chi connectivity index (χ4v) is 4.69. The van der Waals surface area contributed by atoms with Crippen molar-refractivity contribution in [3.8, 4) is 0 Å².